The Balaban J connectivity index is 1.12. The summed E-state index contributed by atoms with van der Waals surface area (Å²) in [5, 5.41) is 18.1. The third kappa shape index (κ3) is 8.58. The Morgan fingerprint density at radius 1 is 0.333 bits per heavy atom. The minimum Gasteiger partial charge on any atom is -0.457 e. The summed E-state index contributed by atoms with van der Waals surface area (Å²) in [6, 6.07) is 55.0. The minimum absolute atomic E-state index is 0.139. The first-order chi connectivity index (χ1) is 27.5. The molecule has 0 aliphatic carbocycles. The molecule has 280 valence electrons. The lowest BCUT2D eigenvalue weighted by Gasteiger charge is -2.23. The molecular weight excluding hydrogens is 697 g/mol. The molecule has 2 heterocycles. The molecule has 6 aromatic carbocycles. The third-order valence-electron chi connectivity index (χ3n) is 10.3. The summed E-state index contributed by atoms with van der Waals surface area (Å²) in [4.78, 5) is 0. The molecule has 0 spiro atoms. The zero-order valence-corrected chi connectivity index (χ0v) is 33.4. The molecule has 0 saturated heterocycles. The Hall–Kier alpha value is -6.72. The molecule has 57 heavy (non-hydrogen) atoms. The van der Waals surface area contributed by atoms with Crippen molar-refractivity contribution < 1.29 is 4.74 Å². The molecule has 0 fully saturated rings. The highest BCUT2D eigenvalue weighted by Crippen LogP contribution is 2.38. The maximum atomic E-state index is 6.82. The van der Waals surface area contributed by atoms with Gasteiger partial charge in [0.1, 0.15) is 11.5 Å². The largest absolute Gasteiger partial charge is 0.457 e. The number of nitrogens with zero attached hydrogens (tertiary/aromatic N) is 4. The van der Waals surface area contributed by atoms with Gasteiger partial charge in [0.05, 0.1) is 23.8 Å². The number of ether oxygens (including phenoxy) is 1. The van der Waals surface area contributed by atoms with Gasteiger partial charge in [-0.3, -0.25) is 0 Å². The van der Waals surface area contributed by atoms with E-state index in [1.54, 1.807) is 0 Å². The van der Waals surface area contributed by atoms with Gasteiger partial charge in [-0.15, -0.1) is 0 Å². The van der Waals surface area contributed by atoms with Crippen molar-refractivity contribution in [3.05, 3.63) is 181 Å². The maximum Gasteiger partial charge on any atom is 0.128 e. The zero-order valence-electron chi connectivity index (χ0n) is 33.4. The van der Waals surface area contributed by atoms with Crippen molar-refractivity contribution in [3.63, 3.8) is 0 Å². The van der Waals surface area contributed by atoms with E-state index in [1.165, 1.54) is 22.3 Å². The highest BCUT2D eigenvalue weighted by Gasteiger charge is 2.21. The van der Waals surface area contributed by atoms with Crippen LogP contribution < -0.4 is 4.74 Å². The molecule has 5 heteroatoms. The van der Waals surface area contributed by atoms with Crippen LogP contribution in [0.15, 0.2) is 170 Å². The van der Waals surface area contributed by atoms with Crippen molar-refractivity contribution in [1.82, 2.24) is 20.4 Å². The Labute approximate surface area is 336 Å². The molecule has 8 rings (SSSR count). The van der Waals surface area contributed by atoms with Crippen molar-refractivity contribution in [2.24, 2.45) is 0 Å². The normalized spacial score (nSPS) is 11.7. The molecule has 0 amide bonds. The standard InChI is InChI=1S/C52H46N4O/c1-51(2,3)45-25-41(49-29-43(33-53-55-49)39-21-17-37(18-22-39)35-13-9-7-10-14-35)27-47(31-45)57-48-28-42(26-46(32-48)52(4,5)6)50-30-44(34-54-56-50)40-23-19-38(20-24-40)36-15-11-8-12-16-36/h7-34H,1-6H3. The summed E-state index contributed by atoms with van der Waals surface area (Å²) < 4.78 is 6.82. The minimum atomic E-state index is -0.139. The monoisotopic (exact) mass is 742 g/mol. The second-order valence-corrected chi connectivity index (χ2v) is 16.6. The van der Waals surface area contributed by atoms with Crippen LogP contribution in [0.5, 0.6) is 11.5 Å². The molecule has 0 aliphatic heterocycles. The number of hydrogen-bond acceptors (Lipinski definition) is 5. The van der Waals surface area contributed by atoms with Crippen LogP contribution >= 0.6 is 0 Å². The first-order valence-electron chi connectivity index (χ1n) is 19.4. The van der Waals surface area contributed by atoms with Crippen molar-refractivity contribution in [2.45, 2.75) is 52.4 Å². The predicted molar refractivity (Wildman–Crippen MR) is 234 cm³/mol. The fraction of sp³-hybridized carbons (Fsp3) is 0.154. The molecule has 0 unspecified atom stereocenters. The van der Waals surface area contributed by atoms with Gasteiger partial charge in [-0.05, 0) is 104 Å². The van der Waals surface area contributed by atoms with Crippen LogP contribution in [-0.4, -0.2) is 20.4 Å². The van der Waals surface area contributed by atoms with Gasteiger partial charge in [0.2, 0.25) is 0 Å². The van der Waals surface area contributed by atoms with E-state index in [-0.39, 0.29) is 10.8 Å². The Bertz CT molecular complexity index is 2450. The van der Waals surface area contributed by atoms with Crippen molar-refractivity contribution >= 4 is 0 Å². The first-order valence-corrected chi connectivity index (χ1v) is 19.4. The quantitative estimate of drug-likeness (QED) is 0.155. The van der Waals surface area contributed by atoms with E-state index < -0.39 is 0 Å². The molecule has 0 N–H and O–H groups in total. The van der Waals surface area contributed by atoms with Crippen LogP contribution in [0.3, 0.4) is 0 Å². The molecule has 0 saturated carbocycles. The fourth-order valence-corrected chi connectivity index (χ4v) is 6.92. The van der Waals surface area contributed by atoms with E-state index in [0.29, 0.717) is 0 Å². The molecular formula is C52H46N4O. The van der Waals surface area contributed by atoms with Crippen molar-refractivity contribution in [3.8, 4) is 78.5 Å². The smallest absolute Gasteiger partial charge is 0.128 e. The molecule has 8 aromatic rings. The van der Waals surface area contributed by atoms with E-state index in [4.69, 9.17) is 4.74 Å². The van der Waals surface area contributed by atoms with Gasteiger partial charge in [-0.1, -0.05) is 151 Å². The van der Waals surface area contributed by atoms with Crippen LogP contribution in [0.2, 0.25) is 0 Å². The molecule has 0 atom stereocenters. The van der Waals surface area contributed by atoms with Crippen LogP contribution in [0.4, 0.5) is 0 Å². The third-order valence-corrected chi connectivity index (χ3v) is 10.3. The highest BCUT2D eigenvalue weighted by atomic mass is 16.5. The maximum absolute atomic E-state index is 6.82. The van der Waals surface area contributed by atoms with Crippen LogP contribution in [0, 0.1) is 0 Å². The average molecular weight is 743 g/mol. The SMILES string of the molecule is CC(C)(C)c1cc(Oc2cc(-c3cc(-c4ccc(-c5ccccc5)cc4)cnn3)cc(C(C)(C)C)c2)cc(-c2cc(-c3ccc(-c4ccccc4)cc3)cnn2)c1. The van der Waals surface area contributed by atoms with Gasteiger partial charge in [0.15, 0.2) is 0 Å². The number of rotatable bonds is 8. The second-order valence-electron chi connectivity index (χ2n) is 16.6. The molecule has 0 aliphatic rings. The molecule has 0 radical (unpaired) electrons. The Morgan fingerprint density at radius 3 is 1.02 bits per heavy atom. The van der Waals surface area contributed by atoms with E-state index in [1.807, 2.05) is 24.5 Å². The second kappa shape index (κ2) is 15.4. The Kier molecular flexibility index (Phi) is 10.1. The summed E-state index contributed by atoms with van der Waals surface area (Å²) in [5.41, 5.74) is 14.3. The van der Waals surface area contributed by atoms with Gasteiger partial charge >= 0.3 is 0 Å². The van der Waals surface area contributed by atoms with Gasteiger partial charge in [0.25, 0.3) is 0 Å². The zero-order chi connectivity index (χ0) is 39.6. The van der Waals surface area contributed by atoms with Gasteiger partial charge in [-0.2, -0.15) is 20.4 Å². The van der Waals surface area contributed by atoms with Crippen LogP contribution in [0.25, 0.3) is 67.0 Å². The van der Waals surface area contributed by atoms with Gasteiger partial charge in [-0.25, -0.2) is 0 Å². The van der Waals surface area contributed by atoms with E-state index in [0.717, 1.165) is 67.4 Å². The lowest BCUT2D eigenvalue weighted by atomic mass is 9.85. The van der Waals surface area contributed by atoms with Crippen LogP contribution in [-0.2, 0) is 10.8 Å². The molecule has 2 aromatic heterocycles. The number of aromatic nitrogens is 4. The topological polar surface area (TPSA) is 60.8 Å². The fourth-order valence-electron chi connectivity index (χ4n) is 6.92. The number of benzene rings is 6. The summed E-state index contributed by atoms with van der Waals surface area (Å²) in [6.45, 7) is 13.3. The number of hydrogen-bond donors (Lipinski definition) is 0. The summed E-state index contributed by atoms with van der Waals surface area (Å²) in [5.74, 6) is 1.46. The van der Waals surface area contributed by atoms with E-state index in [9.17, 15) is 0 Å². The Morgan fingerprint density at radius 2 is 0.667 bits per heavy atom. The van der Waals surface area contributed by atoms with Crippen LogP contribution in [0.1, 0.15) is 52.7 Å². The molecule has 0 bridgehead atoms. The predicted octanol–water partition coefficient (Wildman–Crippen LogP) is 13.7. The van der Waals surface area contributed by atoms with E-state index in [2.05, 4.69) is 208 Å². The molecule has 5 nitrogen and oxygen atoms in total. The van der Waals surface area contributed by atoms with E-state index >= 15 is 0 Å². The lowest BCUT2D eigenvalue weighted by Crippen LogP contribution is -2.12. The van der Waals surface area contributed by atoms with Gasteiger partial charge in [0, 0.05) is 22.3 Å². The summed E-state index contributed by atoms with van der Waals surface area (Å²) in [6.07, 6.45) is 3.65. The van der Waals surface area contributed by atoms with Crippen molar-refractivity contribution in [2.75, 3.05) is 0 Å². The summed E-state index contributed by atoms with van der Waals surface area (Å²) >= 11 is 0. The average Bonchev–Trinajstić information content (AvgIpc) is 3.24. The lowest BCUT2D eigenvalue weighted by molar-refractivity contribution is 0.475. The van der Waals surface area contributed by atoms with Crippen molar-refractivity contribution in [1.29, 1.82) is 0 Å². The highest BCUT2D eigenvalue weighted by molar-refractivity contribution is 5.75. The van der Waals surface area contributed by atoms with Gasteiger partial charge < -0.3 is 4.74 Å². The first kappa shape index (κ1) is 37.2. The summed E-state index contributed by atoms with van der Waals surface area (Å²) in [7, 11) is 0.